The Hall–Kier alpha value is -2.33. The van der Waals surface area contributed by atoms with Crippen LogP contribution in [-0.2, 0) is 0 Å². The molecule has 1 unspecified atom stereocenters. The van der Waals surface area contributed by atoms with Crippen LogP contribution in [0.5, 0.6) is 0 Å². The summed E-state index contributed by atoms with van der Waals surface area (Å²) in [5.74, 6) is 0.343. The summed E-state index contributed by atoms with van der Waals surface area (Å²) in [5.41, 5.74) is 6.65. The van der Waals surface area contributed by atoms with E-state index in [4.69, 9.17) is 0 Å². The molecule has 1 heterocycles. The van der Waals surface area contributed by atoms with Gasteiger partial charge in [-0.1, -0.05) is 132 Å². The minimum absolute atomic E-state index is 0.343. The molecule has 1 atom stereocenters. The van der Waals surface area contributed by atoms with E-state index in [-0.39, 0.29) is 0 Å². The fourth-order valence-electron chi connectivity index (χ4n) is 3.90. The van der Waals surface area contributed by atoms with Crippen LogP contribution in [0, 0.1) is 0 Å². The van der Waals surface area contributed by atoms with Gasteiger partial charge in [0.05, 0.1) is 8.82 Å². The van der Waals surface area contributed by atoms with Crippen LogP contribution in [0.4, 0.5) is 0 Å². The van der Waals surface area contributed by atoms with Crippen molar-refractivity contribution in [1.82, 2.24) is 0 Å². The normalized spacial score (nSPS) is 15.9. The average Bonchev–Trinajstić information content (AvgIpc) is 3.31. The summed E-state index contributed by atoms with van der Waals surface area (Å²) in [7, 11) is 3.91. The zero-order valence-electron chi connectivity index (χ0n) is 16.9. The first-order chi connectivity index (χ1) is 15.4. The van der Waals surface area contributed by atoms with Crippen molar-refractivity contribution in [3.63, 3.8) is 0 Å². The Balaban J connectivity index is 1.56. The highest BCUT2D eigenvalue weighted by Gasteiger charge is 2.34. The van der Waals surface area contributed by atoms with Gasteiger partial charge in [0.1, 0.15) is 0 Å². The lowest BCUT2D eigenvalue weighted by Gasteiger charge is -2.22. The minimum Gasteiger partial charge on any atom is -0.101 e. The maximum Gasteiger partial charge on any atom is 0.0771 e. The van der Waals surface area contributed by atoms with Gasteiger partial charge in [0.25, 0.3) is 0 Å². The van der Waals surface area contributed by atoms with Crippen LogP contribution in [0.15, 0.2) is 126 Å². The van der Waals surface area contributed by atoms with Crippen molar-refractivity contribution in [1.29, 1.82) is 0 Å². The van der Waals surface area contributed by atoms with Crippen molar-refractivity contribution in [2.75, 3.05) is 0 Å². The molecule has 4 aromatic rings. The van der Waals surface area contributed by atoms with Crippen LogP contribution in [0.25, 0.3) is 5.57 Å². The lowest BCUT2D eigenvalue weighted by molar-refractivity contribution is 0.906. The highest BCUT2D eigenvalue weighted by Crippen LogP contribution is 2.61. The molecule has 0 aromatic heterocycles. The van der Waals surface area contributed by atoms with Crippen molar-refractivity contribution < 1.29 is 0 Å². The largest absolute Gasteiger partial charge is 0.101 e. The van der Waals surface area contributed by atoms with Crippen LogP contribution in [0.2, 0.25) is 0 Å². The molecule has 31 heavy (non-hydrogen) atoms. The second kappa shape index (κ2) is 9.86. The third-order valence-corrected chi connectivity index (χ3v) is 10.4. The third-order valence-electron chi connectivity index (χ3n) is 5.36. The zero-order chi connectivity index (χ0) is 20.9. The summed E-state index contributed by atoms with van der Waals surface area (Å²) >= 11 is 2.01. The van der Waals surface area contributed by atoms with E-state index in [0.717, 1.165) is 0 Å². The summed E-state index contributed by atoms with van der Waals surface area (Å²) in [4.78, 5) is 0. The van der Waals surface area contributed by atoms with E-state index in [9.17, 15) is 0 Å². The Morgan fingerprint density at radius 2 is 0.968 bits per heavy atom. The van der Waals surface area contributed by atoms with Gasteiger partial charge in [0.15, 0.2) is 0 Å². The summed E-state index contributed by atoms with van der Waals surface area (Å²) < 4.78 is 1.80. The monoisotopic (exact) mass is 454 g/mol. The molecule has 3 heteroatoms. The highest BCUT2D eigenvalue weighted by atomic mass is 33.1. The van der Waals surface area contributed by atoms with Gasteiger partial charge in [-0.3, -0.25) is 0 Å². The molecule has 1 fully saturated rings. The van der Waals surface area contributed by atoms with Gasteiger partial charge in [0, 0.05) is 11.5 Å². The predicted molar refractivity (Wildman–Crippen MR) is 140 cm³/mol. The molecule has 0 saturated carbocycles. The van der Waals surface area contributed by atoms with Gasteiger partial charge in [-0.15, -0.1) is 11.8 Å². The molecule has 1 aliphatic heterocycles. The van der Waals surface area contributed by atoms with Crippen LogP contribution in [-0.4, -0.2) is 4.58 Å². The van der Waals surface area contributed by atoms with E-state index < -0.39 is 0 Å². The smallest absolute Gasteiger partial charge is 0.0771 e. The molecule has 1 aliphatic rings. The lowest BCUT2D eigenvalue weighted by atomic mass is 9.93. The summed E-state index contributed by atoms with van der Waals surface area (Å²) in [6.07, 6.45) is 0. The molecule has 152 valence electrons. The fraction of sp³-hybridized carbons (Fsp3) is 0.0714. The van der Waals surface area contributed by atoms with Gasteiger partial charge in [-0.05, 0) is 33.0 Å². The number of hydrogen-bond donors (Lipinski definition) is 0. The SMILES string of the molecule is c1ccc(C(=C2SSC(C(c3ccccc3)c3ccccc3)S2)c2ccccc2)cc1. The van der Waals surface area contributed by atoms with Crippen LogP contribution in [0.3, 0.4) is 0 Å². The Kier molecular flexibility index (Phi) is 6.54. The van der Waals surface area contributed by atoms with Gasteiger partial charge in [0.2, 0.25) is 0 Å². The number of hydrogen-bond acceptors (Lipinski definition) is 3. The molecule has 0 aliphatic carbocycles. The molecule has 0 radical (unpaired) electrons. The van der Waals surface area contributed by atoms with Gasteiger partial charge in [-0.25, -0.2) is 0 Å². The number of benzene rings is 4. The summed E-state index contributed by atoms with van der Waals surface area (Å²) in [5, 5.41) is 0. The quantitative estimate of drug-likeness (QED) is 0.277. The van der Waals surface area contributed by atoms with E-state index in [0.29, 0.717) is 10.5 Å². The maximum absolute atomic E-state index is 2.26. The van der Waals surface area contributed by atoms with Crippen molar-refractivity contribution >= 4 is 38.9 Å². The van der Waals surface area contributed by atoms with E-state index in [1.165, 1.54) is 32.1 Å². The van der Waals surface area contributed by atoms with Gasteiger partial charge in [-0.2, -0.15) is 0 Å². The molecule has 4 aromatic carbocycles. The Labute approximate surface area is 196 Å². The minimum atomic E-state index is 0.343. The first-order valence-corrected chi connectivity index (χ1v) is 13.4. The summed E-state index contributed by atoms with van der Waals surface area (Å²) in [6.45, 7) is 0. The van der Waals surface area contributed by atoms with Crippen LogP contribution < -0.4 is 0 Å². The molecule has 0 nitrogen and oxygen atoms in total. The first-order valence-electron chi connectivity index (χ1n) is 10.3. The predicted octanol–water partition coefficient (Wildman–Crippen LogP) is 8.69. The molecule has 0 amide bonds. The summed E-state index contributed by atoms with van der Waals surface area (Å²) in [6, 6.07) is 43.4. The Morgan fingerprint density at radius 3 is 1.42 bits per heavy atom. The Morgan fingerprint density at radius 1 is 0.548 bits per heavy atom. The second-order valence-corrected chi connectivity index (χ2v) is 11.4. The topological polar surface area (TPSA) is 0 Å². The van der Waals surface area contributed by atoms with Crippen molar-refractivity contribution in [3.05, 3.63) is 148 Å². The van der Waals surface area contributed by atoms with Crippen molar-refractivity contribution in [2.24, 2.45) is 0 Å². The van der Waals surface area contributed by atoms with E-state index in [2.05, 4.69) is 121 Å². The molecule has 1 saturated heterocycles. The average molecular weight is 455 g/mol. The Bertz CT molecular complexity index is 1060. The zero-order valence-corrected chi connectivity index (χ0v) is 19.4. The van der Waals surface area contributed by atoms with E-state index in [1.54, 1.807) is 0 Å². The molecule has 5 rings (SSSR count). The molecule has 0 bridgehead atoms. The number of thioether (sulfide) groups is 1. The third kappa shape index (κ3) is 4.64. The van der Waals surface area contributed by atoms with Gasteiger partial charge >= 0.3 is 0 Å². The highest BCUT2D eigenvalue weighted by molar-refractivity contribution is 8.85. The van der Waals surface area contributed by atoms with Gasteiger partial charge < -0.3 is 0 Å². The second-order valence-electron chi connectivity index (χ2n) is 7.36. The standard InChI is InChI=1S/C28H22S3/c1-5-13-21(14-6-1)25(22-15-7-2-8-16-22)27-29-28(31-30-27)26(23-17-9-3-10-18-23)24-19-11-4-12-20-24/h1-20,25,27H. The molecular formula is C28H22S3. The lowest BCUT2D eigenvalue weighted by Crippen LogP contribution is -2.11. The molecule has 0 N–H and O–H groups in total. The van der Waals surface area contributed by atoms with Crippen molar-refractivity contribution in [3.8, 4) is 0 Å². The van der Waals surface area contributed by atoms with Crippen LogP contribution >= 0.6 is 33.3 Å². The first kappa shape index (κ1) is 20.6. The van der Waals surface area contributed by atoms with Crippen molar-refractivity contribution in [2.45, 2.75) is 10.5 Å². The molecule has 0 spiro atoms. The maximum atomic E-state index is 2.26. The molecular weight excluding hydrogens is 433 g/mol. The van der Waals surface area contributed by atoms with E-state index in [1.807, 2.05) is 33.3 Å². The number of rotatable bonds is 5. The fourth-order valence-corrected chi connectivity index (χ4v) is 9.48. The van der Waals surface area contributed by atoms with E-state index >= 15 is 0 Å². The van der Waals surface area contributed by atoms with Crippen LogP contribution in [0.1, 0.15) is 28.2 Å².